The van der Waals surface area contributed by atoms with Crippen molar-refractivity contribution in [2.75, 3.05) is 6.61 Å². The van der Waals surface area contributed by atoms with Crippen LogP contribution >= 0.6 is 0 Å². The van der Waals surface area contributed by atoms with E-state index in [-0.39, 0.29) is 6.04 Å². The second-order valence-electron chi connectivity index (χ2n) is 4.53. The van der Waals surface area contributed by atoms with Crippen LogP contribution in [0.2, 0.25) is 0 Å². The van der Waals surface area contributed by atoms with Crippen LogP contribution in [0.15, 0.2) is 48.4 Å². The molecule has 2 heterocycles. The van der Waals surface area contributed by atoms with Gasteiger partial charge in [0.05, 0.1) is 18.2 Å². The lowest BCUT2D eigenvalue weighted by Gasteiger charge is -2.21. The number of aromatic nitrogens is 1. The molecule has 1 unspecified atom stereocenters. The Balaban J connectivity index is 1.96. The molecule has 1 aromatic heterocycles. The molecule has 2 N–H and O–H groups in total. The molecule has 0 fully saturated rings. The molecular formula is C15H16N2O. The van der Waals surface area contributed by atoms with E-state index in [4.69, 9.17) is 10.5 Å². The van der Waals surface area contributed by atoms with Gasteiger partial charge in [0.25, 0.3) is 0 Å². The van der Waals surface area contributed by atoms with Gasteiger partial charge in [0.15, 0.2) is 0 Å². The highest BCUT2D eigenvalue weighted by Gasteiger charge is 2.15. The minimum Gasteiger partial charge on any atom is -0.496 e. The summed E-state index contributed by atoms with van der Waals surface area (Å²) in [5.41, 5.74) is 8.31. The number of fused-ring (bicyclic) bond motifs is 1. The zero-order chi connectivity index (χ0) is 12.4. The highest BCUT2D eigenvalue weighted by atomic mass is 16.5. The van der Waals surface area contributed by atoms with Crippen LogP contribution in [0.3, 0.4) is 0 Å². The highest BCUT2D eigenvalue weighted by molar-refractivity contribution is 5.79. The summed E-state index contributed by atoms with van der Waals surface area (Å²) in [5.74, 6) is 0.893. The summed E-state index contributed by atoms with van der Waals surface area (Å²) in [6.07, 6.45) is 6.03. The van der Waals surface area contributed by atoms with E-state index in [0.29, 0.717) is 0 Å². The van der Waals surface area contributed by atoms with Crippen molar-refractivity contribution in [1.82, 2.24) is 4.98 Å². The third-order valence-corrected chi connectivity index (χ3v) is 3.26. The van der Waals surface area contributed by atoms with Crippen LogP contribution in [0, 0.1) is 0 Å². The Morgan fingerprint density at radius 3 is 3.06 bits per heavy atom. The lowest BCUT2D eigenvalue weighted by molar-refractivity contribution is 0.176. The molecule has 0 radical (unpaired) electrons. The summed E-state index contributed by atoms with van der Waals surface area (Å²) in [7, 11) is 0. The predicted octanol–water partition coefficient (Wildman–Crippen LogP) is 2.93. The van der Waals surface area contributed by atoms with Crippen molar-refractivity contribution in [3.8, 4) is 0 Å². The Morgan fingerprint density at radius 2 is 2.22 bits per heavy atom. The van der Waals surface area contributed by atoms with Gasteiger partial charge >= 0.3 is 0 Å². The lowest BCUT2D eigenvalue weighted by atomic mass is 10.0. The maximum atomic E-state index is 6.25. The molecule has 0 saturated heterocycles. The lowest BCUT2D eigenvalue weighted by Crippen LogP contribution is -2.17. The molecule has 0 saturated carbocycles. The van der Waals surface area contributed by atoms with E-state index in [0.717, 1.165) is 41.7 Å². The maximum Gasteiger partial charge on any atom is 0.113 e. The van der Waals surface area contributed by atoms with Gasteiger partial charge in [-0.15, -0.1) is 0 Å². The van der Waals surface area contributed by atoms with Crippen LogP contribution in [0.25, 0.3) is 10.9 Å². The third-order valence-electron chi connectivity index (χ3n) is 3.26. The van der Waals surface area contributed by atoms with Crippen LogP contribution in [0.5, 0.6) is 0 Å². The van der Waals surface area contributed by atoms with Crippen molar-refractivity contribution in [3.63, 3.8) is 0 Å². The number of ether oxygens (including phenoxy) is 1. The number of benzene rings is 1. The predicted molar refractivity (Wildman–Crippen MR) is 71.9 cm³/mol. The van der Waals surface area contributed by atoms with Crippen molar-refractivity contribution >= 4 is 10.9 Å². The number of nitrogens with zero attached hydrogens (tertiary/aromatic N) is 1. The van der Waals surface area contributed by atoms with Crippen molar-refractivity contribution < 1.29 is 4.74 Å². The van der Waals surface area contributed by atoms with E-state index in [1.165, 1.54) is 0 Å². The fourth-order valence-electron chi connectivity index (χ4n) is 2.25. The molecule has 2 aromatic rings. The van der Waals surface area contributed by atoms with E-state index in [1.54, 1.807) is 6.20 Å². The molecule has 1 aliphatic rings. The molecule has 0 aliphatic carbocycles. The summed E-state index contributed by atoms with van der Waals surface area (Å²) in [6.45, 7) is 0.772. The van der Waals surface area contributed by atoms with Crippen molar-refractivity contribution in [2.45, 2.75) is 18.9 Å². The Bertz CT molecular complexity index is 592. The van der Waals surface area contributed by atoms with Crippen LogP contribution < -0.4 is 5.73 Å². The molecule has 1 aliphatic heterocycles. The van der Waals surface area contributed by atoms with Crippen LogP contribution in [-0.2, 0) is 4.74 Å². The maximum absolute atomic E-state index is 6.25. The summed E-state index contributed by atoms with van der Waals surface area (Å²) in [4.78, 5) is 4.31. The minimum atomic E-state index is -0.171. The number of hydrogen-bond acceptors (Lipinski definition) is 3. The number of allylic oxidation sites excluding steroid dienone is 1. The summed E-state index contributed by atoms with van der Waals surface area (Å²) in [6, 6.07) is 9.94. The second kappa shape index (κ2) is 4.78. The molecule has 1 atom stereocenters. The summed E-state index contributed by atoms with van der Waals surface area (Å²) < 4.78 is 5.63. The van der Waals surface area contributed by atoms with Crippen LogP contribution in [-0.4, -0.2) is 11.6 Å². The first-order chi connectivity index (χ1) is 8.84. The standard InChI is InChI=1S/C15H16N2O/c16-15(14-5-1-2-9-18-14)12-6-7-13-11(10-12)4-3-8-17-13/h3-8,10,15H,1-2,9,16H2. The van der Waals surface area contributed by atoms with Crippen LogP contribution in [0.1, 0.15) is 24.4 Å². The fraction of sp³-hybridized carbons (Fsp3) is 0.267. The Hall–Kier alpha value is -1.87. The van der Waals surface area contributed by atoms with Gasteiger partial charge in [-0.3, -0.25) is 4.98 Å². The number of pyridine rings is 1. The van der Waals surface area contributed by atoms with Crippen molar-refractivity contribution in [1.29, 1.82) is 0 Å². The number of nitrogens with two attached hydrogens (primary N) is 1. The van der Waals surface area contributed by atoms with Gasteiger partial charge in [-0.2, -0.15) is 0 Å². The Kier molecular flexibility index (Phi) is 2.99. The quantitative estimate of drug-likeness (QED) is 0.878. The smallest absolute Gasteiger partial charge is 0.113 e. The van der Waals surface area contributed by atoms with Crippen molar-refractivity contribution in [2.24, 2.45) is 5.73 Å². The van der Waals surface area contributed by atoms with Gasteiger partial charge in [0.1, 0.15) is 5.76 Å². The summed E-state index contributed by atoms with van der Waals surface area (Å²) >= 11 is 0. The Morgan fingerprint density at radius 1 is 1.28 bits per heavy atom. The fourth-order valence-corrected chi connectivity index (χ4v) is 2.25. The molecule has 92 valence electrons. The topological polar surface area (TPSA) is 48.1 Å². The normalized spacial score (nSPS) is 17.1. The van der Waals surface area contributed by atoms with E-state index >= 15 is 0 Å². The van der Waals surface area contributed by atoms with E-state index < -0.39 is 0 Å². The monoisotopic (exact) mass is 240 g/mol. The minimum absolute atomic E-state index is 0.171. The summed E-state index contributed by atoms with van der Waals surface area (Å²) in [5, 5.41) is 1.11. The third kappa shape index (κ3) is 2.09. The van der Waals surface area contributed by atoms with Crippen molar-refractivity contribution in [3.05, 3.63) is 53.9 Å². The largest absolute Gasteiger partial charge is 0.496 e. The average molecular weight is 240 g/mol. The zero-order valence-corrected chi connectivity index (χ0v) is 10.2. The average Bonchev–Trinajstić information content (AvgIpc) is 2.47. The van der Waals surface area contributed by atoms with E-state index in [1.807, 2.05) is 18.2 Å². The van der Waals surface area contributed by atoms with Gasteiger partial charge in [0.2, 0.25) is 0 Å². The highest BCUT2D eigenvalue weighted by Crippen LogP contribution is 2.25. The molecule has 3 rings (SSSR count). The molecule has 3 nitrogen and oxygen atoms in total. The molecule has 0 bridgehead atoms. The van der Waals surface area contributed by atoms with Gasteiger partial charge in [0, 0.05) is 11.6 Å². The molecule has 1 aromatic carbocycles. The van der Waals surface area contributed by atoms with Gasteiger partial charge < -0.3 is 10.5 Å². The molecule has 18 heavy (non-hydrogen) atoms. The molecule has 0 spiro atoms. The zero-order valence-electron chi connectivity index (χ0n) is 10.2. The number of hydrogen-bond donors (Lipinski definition) is 1. The van der Waals surface area contributed by atoms with E-state index in [9.17, 15) is 0 Å². The Labute approximate surface area is 106 Å². The molecule has 0 amide bonds. The van der Waals surface area contributed by atoms with Gasteiger partial charge in [-0.25, -0.2) is 0 Å². The molecular weight excluding hydrogens is 224 g/mol. The second-order valence-corrected chi connectivity index (χ2v) is 4.53. The van der Waals surface area contributed by atoms with Crippen LogP contribution in [0.4, 0.5) is 0 Å². The first-order valence-corrected chi connectivity index (χ1v) is 6.28. The molecule has 3 heteroatoms. The SMILES string of the molecule is NC(C1=CCCCO1)c1ccc2ncccc2c1. The van der Waals surface area contributed by atoms with Gasteiger partial charge in [-0.05, 0) is 42.7 Å². The first kappa shape index (κ1) is 11.2. The van der Waals surface area contributed by atoms with Gasteiger partial charge in [-0.1, -0.05) is 12.1 Å². The van der Waals surface area contributed by atoms with E-state index in [2.05, 4.69) is 23.2 Å². The number of rotatable bonds is 2. The first-order valence-electron chi connectivity index (χ1n) is 6.28.